The van der Waals surface area contributed by atoms with Crippen molar-refractivity contribution in [3.8, 4) is 22.3 Å². The lowest BCUT2D eigenvalue weighted by Gasteiger charge is -2.13. The molecular weight excluding hydrogens is 348 g/mol. The van der Waals surface area contributed by atoms with Crippen LogP contribution in [-0.2, 0) is 0 Å². The average molecular weight is 365 g/mol. The largest absolute Gasteiger partial charge is 0.0843 e. The van der Waals surface area contributed by atoms with Gasteiger partial charge in [-0.05, 0) is 62.0 Å². The lowest BCUT2D eigenvalue weighted by atomic mass is 9.92. The van der Waals surface area contributed by atoms with Gasteiger partial charge in [0.2, 0.25) is 0 Å². The van der Waals surface area contributed by atoms with Gasteiger partial charge >= 0.3 is 0 Å². The van der Waals surface area contributed by atoms with E-state index in [1.807, 2.05) is 12.1 Å². The molecule has 0 heterocycles. The molecule has 0 unspecified atom stereocenters. The smallest absolute Gasteiger partial charge is 0.0412 e. The van der Waals surface area contributed by atoms with Gasteiger partial charge < -0.3 is 0 Å². The Morgan fingerprint density at radius 3 is 2.00 bits per heavy atom. The van der Waals surface area contributed by atoms with Crippen molar-refractivity contribution in [2.24, 2.45) is 0 Å². The normalized spacial score (nSPS) is 11.1. The summed E-state index contributed by atoms with van der Waals surface area (Å²) in [6, 6.07) is 36.2. The Hall–Kier alpha value is -3.09. The van der Waals surface area contributed by atoms with E-state index in [9.17, 15) is 0 Å². The van der Waals surface area contributed by atoms with E-state index >= 15 is 0 Å². The van der Waals surface area contributed by atoms with E-state index in [2.05, 4.69) is 91.0 Å². The standard InChI is InChI=1S/C26H17Cl/c27-22-14-15-24(18-6-2-1-3-7-18)26(17-22)21-13-12-20-11-10-19-8-4-5-9-23(19)25(20)16-21/h1-17H. The first-order valence-corrected chi connectivity index (χ1v) is 9.44. The summed E-state index contributed by atoms with van der Waals surface area (Å²) >= 11 is 6.37. The molecule has 0 aromatic heterocycles. The summed E-state index contributed by atoms with van der Waals surface area (Å²) in [6.45, 7) is 0. The first-order valence-electron chi connectivity index (χ1n) is 9.06. The van der Waals surface area contributed by atoms with Crippen molar-refractivity contribution in [1.29, 1.82) is 0 Å². The minimum Gasteiger partial charge on any atom is -0.0843 e. The van der Waals surface area contributed by atoms with Crippen LogP contribution in [0, 0.1) is 0 Å². The number of fused-ring (bicyclic) bond motifs is 3. The van der Waals surface area contributed by atoms with Crippen LogP contribution in [0.4, 0.5) is 0 Å². The molecule has 0 amide bonds. The Labute approximate surface area is 163 Å². The zero-order chi connectivity index (χ0) is 18.2. The quantitative estimate of drug-likeness (QED) is 0.278. The molecule has 0 spiro atoms. The summed E-state index contributed by atoms with van der Waals surface area (Å²) in [5.74, 6) is 0. The van der Waals surface area contributed by atoms with Crippen LogP contribution < -0.4 is 0 Å². The molecule has 0 fully saturated rings. The highest BCUT2D eigenvalue weighted by atomic mass is 35.5. The van der Waals surface area contributed by atoms with E-state index in [-0.39, 0.29) is 0 Å². The van der Waals surface area contributed by atoms with E-state index in [1.54, 1.807) is 0 Å². The fourth-order valence-corrected chi connectivity index (χ4v) is 3.97. The second-order valence-corrected chi connectivity index (χ2v) is 7.21. The van der Waals surface area contributed by atoms with Crippen LogP contribution >= 0.6 is 11.6 Å². The zero-order valence-electron chi connectivity index (χ0n) is 14.7. The van der Waals surface area contributed by atoms with Crippen LogP contribution in [0.25, 0.3) is 43.8 Å². The predicted octanol–water partition coefficient (Wildman–Crippen LogP) is 7.98. The molecule has 0 N–H and O–H groups in total. The third-order valence-electron chi connectivity index (χ3n) is 5.12. The van der Waals surface area contributed by atoms with Gasteiger partial charge in [-0.2, -0.15) is 0 Å². The van der Waals surface area contributed by atoms with E-state index in [4.69, 9.17) is 11.6 Å². The molecule has 5 aromatic carbocycles. The van der Waals surface area contributed by atoms with Crippen molar-refractivity contribution >= 4 is 33.1 Å². The molecule has 0 saturated carbocycles. The van der Waals surface area contributed by atoms with Crippen molar-refractivity contribution in [3.05, 3.63) is 108 Å². The van der Waals surface area contributed by atoms with Crippen LogP contribution in [0.2, 0.25) is 5.02 Å². The molecule has 0 aliphatic carbocycles. The zero-order valence-corrected chi connectivity index (χ0v) is 15.4. The highest BCUT2D eigenvalue weighted by Crippen LogP contribution is 2.36. The van der Waals surface area contributed by atoms with Gasteiger partial charge in [0.15, 0.2) is 0 Å². The molecule has 1 heteroatoms. The minimum atomic E-state index is 0.752. The van der Waals surface area contributed by atoms with E-state index in [0.717, 1.165) is 10.6 Å². The van der Waals surface area contributed by atoms with Crippen molar-refractivity contribution in [3.63, 3.8) is 0 Å². The topological polar surface area (TPSA) is 0 Å². The number of rotatable bonds is 2. The van der Waals surface area contributed by atoms with Crippen LogP contribution in [0.3, 0.4) is 0 Å². The fourth-order valence-electron chi connectivity index (χ4n) is 3.79. The summed E-state index contributed by atoms with van der Waals surface area (Å²) in [7, 11) is 0. The van der Waals surface area contributed by atoms with Gasteiger partial charge in [0.1, 0.15) is 0 Å². The number of hydrogen-bond acceptors (Lipinski definition) is 0. The first-order chi connectivity index (χ1) is 13.3. The summed E-state index contributed by atoms with van der Waals surface area (Å²) in [4.78, 5) is 0. The second-order valence-electron chi connectivity index (χ2n) is 6.78. The number of halogens is 1. The van der Waals surface area contributed by atoms with E-state index in [0.29, 0.717) is 0 Å². The van der Waals surface area contributed by atoms with Gasteiger partial charge in [-0.15, -0.1) is 0 Å². The van der Waals surface area contributed by atoms with Gasteiger partial charge in [-0.1, -0.05) is 96.5 Å². The summed E-state index contributed by atoms with van der Waals surface area (Å²) in [6.07, 6.45) is 0. The highest BCUT2D eigenvalue weighted by Gasteiger charge is 2.10. The van der Waals surface area contributed by atoms with Crippen LogP contribution in [0.15, 0.2) is 103 Å². The van der Waals surface area contributed by atoms with Crippen molar-refractivity contribution < 1.29 is 0 Å². The summed E-state index contributed by atoms with van der Waals surface area (Å²) < 4.78 is 0. The molecule has 5 rings (SSSR count). The van der Waals surface area contributed by atoms with Gasteiger partial charge in [0, 0.05) is 5.02 Å². The highest BCUT2D eigenvalue weighted by molar-refractivity contribution is 6.31. The molecule has 0 aliphatic heterocycles. The molecule has 0 bridgehead atoms. The van der Waals surface area contributed by atoms with Gasteiger partial charge in [0.05, 0.1) is 0 Å². The monoisotopic (exact) mass is 364 g/mol. The van der Waals surface area contributed by atoms with E-state index in [1.165, 1.54) is 38.2 Å². The average Bonchev–Trinajstić information content (AvgIpc) is 2.74. The van der Waals surface area contributed by atoms with Crippen molar-refractivity contribution in [2.45, 2.75) is 0 Å². The second kappa shape index (κ2) is 6.57. The third-order valence-corrected chi connectivity index (χ3v) is 5.36. The fraction of sp³-hybridized carbons (Fsp3) is 0. The Morgan fingerprint density at radius 1 is 0.444 bits per heavy atom. The molecule has 0 nitrogen and oxygen atoms in total. The molecule has 128 valence electrons. The van der Waals surface area contributed by atoms with Crippen LogP contribution in [-0.4, -0.2) is 0 Å². The lowest BCUT2D eigenvalue weighted by molar-refractivity contribution is 1.59. The molecule has 0 atom stereocenters. The van der Waals surface area contributed by atoms with Crippen molar-refractivity contribution in [1.82, 2.24) is 0 Å². The number of hydrogen-bond donors (Lipinski definition) is 0. The SMILES string of the molecule is Clc1ccc(-c2ccccc2)c(-c2ccc3ccc4ccccc4c3c2)c1. The Kier molecular flexibility index (Phi) is 3.92. The molecule has 27 heavy (non-hydrogen) atoms. The minimum absolute atomic E-state index is 0.752. The third kappa shape index (κ3) is 2.89. The van der Waals surface area contributed by atoms with Crippen molar-refractivity contribution in [2.75, 3.05) is 0 Å². The maximum atomic E-state index is 6.37. The Bertz CT molecular complexity index is 1270. The summed E-state index contributed by atoms with van der Waals surface area (Å²) in [5.41, 5.74) is 4.73. The van der Waals surface area contributed by atoms with Gasteiger partial charge in [0.25, 0.3) is 0 Å². The van der Waals surface area contributed by atoms with Gasteiger partial charge in [-0.3, -0.25) is 0 Å². The maximum absolute atomic E-state index is 6.37. The molecule has 0 aliphatic rings. The number of benzene rings is 5. The first kappa shape index (κ1) is 16.1. The molecular formula is C26H17Cl. The van der Waals surface area contributed by atoms with Crippen LogP contribution in [0.1, 0.15) is 0 Å². The van der Waals surface area contributed by atoms with Crippen LogP contribution in [0.5, 0.6) is 0 Å². The summed E-state index contributed by atoms with van der Waals surface area (Å²) in [5, 5.41) is 5.81. The van der Waals surface area contributed by atoms with Gasteiger partial charge in [-0.25, -0.2) is 0 Å². The maximum Gasteiger partial charge on any atom is 0.0412 e. The molecule has 0 saturated heterocycles. The Balaban J connectivity index is 1.79. The predicted molar refractivity (Wildman–Crippen MR) is 117 cm³/mol. The lowest BCUT2D eigenvalue weighted by Crippen LogP contribution is -1.86. The molecule has 5 aromatic rings. The van der Waals surface area contributed by atoms with E-state index < -0.39 is 0 Å². The Morgan fingerprint density at radius 2 is 1.15 bits per heavy atom. The molecule has 0 radical (unpaired) electrons.